The molecule has 0 aliphatic heterocycles. The summed E-state index contributed by atoms with van der Waals surface area (Å²) in [6.07, 6.45) is 0. The van der Waals surface area contributed by atoms with Crippen molar-refractivity contribution in [1.29, 1.82) is 0 Å². The summed E-state index contributed by atoms with van der Waals surface area (Å²) in [4.78, 5) is 28.4. The zero-order chi connectivity index (χ0) is 18.8. The Kier molecular flexibility index (Phi) is 5.31. The van der Waals surface area contributed by atoms with E-state index in [0.717, 1.165) is 11.3 Å². The molecule has 0 bridgehead atoms. The van der Waals surface area contributed by atoms with E-state index < -0.39 is 11.9 Å². The maximum absolute atomic E-state index is 12.4. The molecule has 0 radical (unpaired) electrons. The smallest absolute Gasteiger partial charge is 0.350 e. The van der Waals surface area contributed by atoms with Gasteiger partial charge < -0.3 is 9.15 Å². The van der Waals surface area contributed by atoms with Gasteiger partial charge in [-0.1, -0.05) is 40.6 Å². The molecule has 3 rings (SSSR count). The first kappa shape index (κ1) is 18.4. The molecule has 0 saturated heterocycles. The van der Waals surface area contributed by atoms with Gasteiger partial charge in [-0.25, -0.2) is 9.78 Å². The second-order valence-electron chi connectivity index (χ2n) is 5.14. The van der Waals surface area contributed by atoms with Gasteiger partial charge in [0.25, 0.3) is 5.91 Å². The summed E-state index contributed by atoms with van der Waals surface area (Å²) < 4.78 is 10.2. The number of aromatic nitrogens is 1. The molecule has 0 aliphatic carbocycles. The number of hydrogen-bond donors (Lipinski definition) is 1. The highest BCUT2D eigenvalue weighted by Gasteiger charge is 2.19. The van der Waals surface area contributed by atoms with Gasteiger partial charge in [0.05, 0.1) is 22.8 Å². The number of esters is 1. The molecule has 0 unspecified atom stereocenters. The van der Waals surface area contributed by atoms with E-state index in [2.05, 4.69) is 15.0 Å². The number of ether oxygens (including phenoxy) is 1. The minimum atomic E-state index is -0.503. The fraction of sp³-hybridized carbons (Fsp3) is 0.118. The van der Waals surface area contributed by atoms with Gasteiger partial charge in [-0.05, 0) is 31.2 Å². The average Bonchev–Trinajstić information content (AvgIpc) is 3.23. The molecular weight excluding hydrogens is 399 g/mol. The molecule has 6 nitrogen and oxygen atoms in total. The molecule has 0 fully saturated rings. The van der Waals surface area contributed by atoms with Gasteiger partial charge in [0, 0.05) is 5.56 Å². The Labute approximate surface area is 162 Å². The van der Waals surface area contributed by atoms with Crippen LogP contribution in [-0.2, 0) is 4.74 Å². The van der Waals surface area contributed by atoms with Gasteiger partial charge in [-0.3, -0.25) is 10.1 Å². The Morgan fingerprint density at radius 3 is 2.73 bits per heavy atom. The number of anilines is 1. The van der Waals surface area contributed by atoms with Crippen LogP contribution >= 0.6 is 34.5 Å². The quantitative estimate of drug-likeness (QED) is 0.607. The molecular formula is C17H12Cl2N2O4S. The first-order valence-electron chi connectivity index (χ1n) is 7.32. The number of carbonyl (C=O) groups excluding carboxylic acids is 2. The van der Waals surface area contributed by atoms with Crippen molar-refractivity contribution in [2.24, 2.45) is 0 Å². The van der Waals surface area contributed by atoms with Gasteiger partial charge >= 0.3 is 5.97 Å². The Hall–Kier alpha value is -2.35. The lowest BCUT2D eigenvalue weighted by molar-refractivity contribution is 0.0605. The fourth-order valence-corrected chi connectivity index (χ4v) is 3.46. The Morgan fingerprint density at radius 2 is 2.00 bits per heavy atom. The molecule has 1 aromatic carbocycles. The predicted octanol–water partition coefficient (Wildman–Crippen LogP) is 5.06. The first-order valence-corrected chi connectivity index (χ1v) is 8.89. The number of halogens is 2. The SMILES string of the molecule is COC(=O)c1sc(NC(=O)c2ccc(-c3cccc(Cl)c3Cl)o2)nc1C. The Balaban J connectivity index is 1.81. The number of nitrogens with one attached hydrogen (secondary N) is 1. The minimum absolute atomic E-state index is 0.0727. The molecule has 3 aromatic rings. The van der Waals surface area contributed by atoms with Crippen LogP contribution in [0.2, 0.25) is 10.0 Å². The van der Waals surface area contributed by atoms with Crippen molar-refractivity contribution in [3.63, 3.8) is 0 Å². The van der Waals surface area contributed by atoms with Gasteiger partial charge in [-0.15, -0.1) is 0 Å². The van der Waals surface area contributed by atoms with Crippen molar-refractivity contribution in [3.8, 4) is 11.3 Å². The third-order valence-electron chi connectivity index (χ3n) is 3.43. The molecule has 0 aliphatic rings. The predicted molar refractivity (Wildman–Crippen MR) is 100 cm³/mol. The van der Waals surface area contributed by atoms with Crippen LogP contribution in [0.25, 0.3) is 11.3 Å². The van der Waals surface area contributed by atoms with Crippen LogP contribution in [0, 0.1) is 6.92 Å². The van der Waals surface area contributed by atoms with Crippen LogP contribution < -0.4 is 5.32 Å². The number of hydrogen-bond acceptors (Lipinski definition) is 6. The molecule has 1 amide bonds. The van der Waals surface area contributed by atoms with Gasteiger partial charge in [0.2, 0.25) is 0 Å². The second kappa shape index (κ2) is 7.49. The van der Waals surface area contributed by atoms with Crippen molar-refractivity contribution in [3.05, 3.63) is 56.7 Å². The number of carbonyl (C=O) groups is 2. The highest BCUT2D eigenvalue weighted by atomic mass is 35.5. The standard InChI is InChI=1S/C17H12Cl2N2O4S/c1-8-14(16(23)24-2)26-17(20-8)21-15(22)12-7-6-11(25-12)9-4-3-5-10(18)13(9)19/h3-7H,1-2H3,(H,20,21,22). The number of rotatable bonds is 4. The third-order valence-corrected chi connectivity index (χ3v) is 5.31. The topological polar surface area (TPSA) is 81.4 Å². The molecule has 0 spiro atoms. The highest BCUT2D eigenvalue weighted by Crippen LogP contribution is 2.34. The number of furan rings is 1. The Bertz CT molecular complexity index is 997. The van der Waals surface area contributed by atoms with Gasteiger partial charge in [0.15, 0.2) is 10.9 Å². The molecule has 2 heterocycles. The number of nitrogens with zero attached hydrogens (tertiary/aromatic N) is 1. The monoisotopic (exact) mass is 410 g/mol. The van der Waals surface area contributed by atoms with E-state index in [4.69, 9.17) is 27.6 Å². The van der Waals surface area contributed by atoms with Crippen molar-refractivity contribution >= 4 is 51.5 Å². The lowest BCUT2D eigenvalue weighted by Crippen LogP contribution is -2.10. The fourth-order valence-electron chi connectivity index (χ4n) is 2.19. The number of benzene rings is 1. The summed E-state index contributed by atoms with van der Waals surface area (Å²) in [5.74, 6) is -0.521. The van der Waals surface area contributed by atoms with Crippen LogP contribution in [0.5, 0.6) is 0 Å². The van der Waals surface area contributed by atoms with E-state index in [1.54, 1.807) is 31.2 Å². The van der Waals surface area contributed by atoms with Crippen LogP contribution in [0.1, 0.15) is 25.9 Å². The lowest BCUT2D eigenvalue weighted by Gasteiger charge is -2.02. The first-order chi connectivity index (χ1) is 12.4. The highest BCUT2D eigenvalue weighted by molar-refractivity contribution is 7.17. The molecule has 1 N–H and O–H groups in total. The van der Waals surface area contributed by atoms with Crippen LogP contribution in [0.3, 0.4) is 0 Å². The van der Waals surface area contributed by atoms with Crippen LogP contribution in [-0.4, -0.2) is 24.0 Å². The zero-order valence-electron chi connectivity index (χ0n) is 13.6. The molecule has 26 heavy (non-hydrogen) atoms. The number of methoxy groups -OCH3 is 1. The normalized spacial score (nSPS) is 10.6. The largest absolute Gasteiger partial charge is 0.465 e. The average molecular weight is 411 g/mol. The molecule has 2 aromatic heterocycles. The van der Waals surface area contributed by atoms with E-state index in [9.17, 15) is 9.59 Å². The van der Waals surface area contributed by atoms with Crippen molar-refractivity contribution in [2.75, 3.05) is 12.4 Å². The van der Waals surface area contributed by atoms with Crippen molar-refractivity contribution < 1.29 is 18.7 Å². The lowest BCUT2D eigenvalue weighted by atomic mass is 10.2. The van der Waals surface area contributed by atoms with E-state index in [1.165, 1.54) is 13.2 Å². The Morgan fingerprint density at radius 1 is 1.23 bits per heavy atom. The van der Waals surface area contributed by atoms with E-state index in [0.29, 0.717) is 31.9 Å². The second-order valence-corrected chi connectivity index (χ2v) is 6.93. The maximum Gasteiger partial charge on any atom is 0.350 e. The summed E-state index contributed by atoms with van der Waals surface area (Å²) in [5.41, 5.74) is 1.05. The summed E-state index contributed by atoms with van der Waals surface area (Å²) in [6, 6.07) is 8.27. The van der Waals surface area contributed by atoms with Crippen LogP contribution in [0.15, 0.2) is 34.7 Å². The van der Waals surface area contributed by atoms with E-state index >= 15 is 0 Å². The van der Waals surface area contributed by atoms with Crippen LogP contribution in [0.4, 0.5) is 5.13 Å². The minimum Gasteiger partial charge on any atom is -0.465 e. The molecule has 0 atom stereocenters. The van der Waals surface area contributed by atoms with Gasteiger partial charge in [-0.2, -0.15) is 0 Å². The third kappa shape index (κ3) is 3.60. The number of thiazole rings is 1. The van der Waals surface area contributed by atoms with Gasteiger partial charge in [0.1, 0.15) is 10.6 Å². The summed E-state index contributed by atoms with van der Waals surface area (Å²) >= 11 is 13.2. The molecule has 9 heteroatoms. The molecule has 0 saturated carbocycles. The summed E-state index contributed by atoms with van der Waals surface area (Å²) in [6.45, 7) is 1.66. The number of aryl methyl sites for hydroxylation is 1. The maximum atomic E-state index is 12.4. The number of amides is 1. The van der Waals surface area contributed by atoms with E-state index in [-0.39, 0.29) is 10.9 Å². The zero-order valence-corrected chi connectivity index (χ0v) is 16.0. The van der Waals surface area contributed by atoms with E-state index in [1.807, 2.05) is 0 Å². The van der Waals surface area contributed by atoms with Crippen molar-refractivity contribution in [2.45, 2.75) is 6.92 Å². The van der Waals surface area contributed by atoms with Crippen molar-refractivity contribution in [1.82, 2.24) is 4.98 Å². The molecule has 134 valence electrons. The summed E-state index contributed by atoms with van der Waals surface area (Å²) in [7, 11) is 1.28. The summed E-state index contributed by atoms with van der Waals surface area (Å²) in [5, 5.41) is 3.60.